The second kappa shape index (κ2) is 8.04. The minimum atomic E-state index is -0.831. The Morgan fingerprint density at radius 3 is 2.61 bits per heavy atom. The summed E-state index contributed by atoms with van der Waals surface area (Å²) in [6.45, 7) is 0.208. The zero-order valence-corrected chi connectivity index (χ0v) is 18.9. The molecule has 1 amide bonds. The van der Waals surface area contributed by atoms with Gasteiger partial charge in [0.1, 0.15) is 11.4 Å². The summed E-state index contributed by atoms with van der Waals surface area (Å²) in [6.07, 6.45) is 0. The molecule has 2 heterocycles. The van der Waals surface area contributed by atoms with Crippen molar-refractivity contribution in [1.29, 1.82) is 0 Å². The number of phenols is 1. The van der Waals surface area contributed by atoms with E-state index in [2.05, 4.69) is 15.9 Å². The van der Waals surface area contributed by atoms with Crippen molar-refractivity contribution < 1.29 is 23.4 Å². The number of hydrogen-bond acceptors (Lipinski definition) is 5. The van der Waals surface area contributed by atoms with Crippen LogP contribution in [-0.2, 0) is 6.54 Å². The Labute approximate surface area is 196 Å². The predicted molar refractivity (Wildman–Crippen MR) is 123 cm³/mol. The highest BCUT2D eigenvalue weighted by Crippen LogP contribution is 2.44. The Bertz CT molecular complexity index is 1470. The number of carbonyl (C=O) groups excluding carboxylic acids is 1. The van der Waals surface area contributed by atoms with Gasteiger partial charge in [-0.05, 0) is 57.4 Å². The summed E-state index contributed by atoms with van der Waals surface area (Å²) in [5.74, 6) is -1.04. The average molecular weight is 510 g/mol. The first kappa shape index (κ1) is 21.2. The lowest BCUT2D eigenvalue weighted by Gasteiger charge is -2.26. The van der Waals surface area contributed by atoms with Crippen molar-refractivity contribution in [1.82, 2.24) is 4.90 Å². The molecule has 166 valence electrons. The van der Waals surface area contributed by atoms with Crippen molar-refractivity contribution in [2.75, 3.05) is 7.11 Å². The molecular formula is C25H17BrFNO5. The molecule has 0 bridgehead atoms. The second-order valence-corrected chi connectivity index (χ2v) is 8.54. The predicted octanol–water partition coefficient (Wildman–Crippen LogP) is 5.15. The normalized spacial score (nSPS) is 15.2. The number of aromatic hydroxyl groups is 1. The Balaban J connectivity index is 1.77. The summed E-state index contributed by atoms with van der Waals surface area (Å²) in [5, 5.41) is 10.3. The fourth-order valence-corrected chi connectivity index (χ4v) is 4.65. The van der Waals surface area contributed by atoms with Crippen LogP contribution in [0.1, 0.15) is 33.3 Å². The molecule has 0 saturated carbocycles. The van der Waals surface area contributed by atoms with Gasteiger partial charge in [-0.25, -0.2) is 4.39 Å². The third-order valence-electron chi connectivity index (χ3n) is 5.71. The molecule has 0 fully saturated rings. The van der Waals surface area contributed by atoms with Gasteiger partial charge >= 0.3 is 0 Å². The molecule has 0 spiro atoms. The van der Waals surface area contributed by atoms with Gasteiger partial charge < -0.3 is 19.2 Å². The molecule has 0 radical (unpaired) electrons. The monoisotopic (exact) mass is 509 g/mol. The van der Waals surface area contributed by atoms with Crippen LogP contribution in [0.25, 0.3) is 11.0 Å². The standard InChI is InChI=1S/C25H17BrFNO5/c1-32-19-10-14(9-17(26)23(19)30)21-20-22(29)16-11-15(27)7-8-18(16)33-24(20)25(31)28(21)12-13-5-3-2-4-6-13/h2-11,21,30H,12H2,1H3/t21-/m1/s1. The van der Waals surface area contributed by atoms with E-state index in [0.717, 1.165) is 11.6 Å². The van der Waals surface area contributed by atoms with Crippen molar-refractivity contribution >= 4 is 32.8 Å². The molecular weight excluding hydrogens is 493 g/mol. The third-order valence-corrected chi connectivity index (χ3v) is 6.31. The highest BCUT2D eigenvalue weighted by atomic mass is 79.9. The van der Waals surface area contributed by atoms with E-state index >= 15 is 0 Å². The van der Waals surface area contributed by atoms with Crippen LogP contribution in [0.4, 0.5) is 4.39 Å². The molecule has 0 unspecified atom stereocenters. The van der Waals surface area contributed by atoms with Crippen LogP contribution in [0.5, 0.6) is 11.5 Å². The molecule has 4 aromatic rings. The van der Waals surface area contributed by atoms with E-state index in [1.165, 1.54) is 24.1 Å². The molecule has 1 N–H and O–H groups in total. The minimum absolute atomic E-state index is 0.0536. The van der Waals surface area contributed by atoms with Gasteiger partial charge in [-0.3, -0.25) is 9.59 Å². The van der Waals surface area contributed by atoms with Crippen molar-refractivity contribution in [3.8, 4) is 11.5 Å². The van der Waals surface area contributed by atoms with Crippen LogP contribution >= 0.6 is 15.9 Å². The number of fused-ring (bicyclic) bond motifs is 2. The van der Waals surface area contributed by atoms with Gasteiger partial charge in [0, 0.05) is 6.54 Å². The lowest BCUT2D eigenvalue weighted by molar-refractivity contribution is 0.0714. The topological polar surface area (TPSA) is 80.0 Å². The Hall–Kier alpha value is -3.65. The highest BCUT2D eigenvalue weighted by Gasteiger charge is 2.43. The largest absolute Gasteiger partial charge is 0.503 e. The molecule has 1 atom stereocenters. The van der Waals surface area contributed by atoms with Crippen LogP contribution in [0.3, 0.4) is 0 Å². The maximum absolute atomic E-state index is 13.9. The van der Waals surface area contributed by atoms with Crippen LogP contribution in [0.15, 0.2) is 74.3 Å². The number of nitrogens with zero attached hydrogens (tertiary/aromatic N) is 1. The number of ether oxygens (including phenoxy) is 1. The first-order valence-corrected chi connectivity index (χ1v) is 10.9. The van der Waals surface area contributed by atoms with E-state index in [4.69, 9.17) is 9.15 Å². The lowest BCUT2D eigenvalue weighted by atomic mass is 9.97. The van der Waals surface area contributed by atoms with E-state index < -0.39 is 23.2 Å². The summed E-state index contributed by atoms with van der Waals surface area (Å²) in [4.78, 5) is 28.5. The summed E-state index contributed by atoms with van der Waals surface area (Å²) in [5.41, 5.74) is 1.16. The number of benzene rings is 3. The fraction of sp³-hybridized carbons (Fsp3) is 0.120. The minimum Gasteiger partial charge on any atom is -0.503 e. The Morgan fingerprint density at radius 1 is 1.12 bits per heavy atom. The molecule has 5 rings (SSSR count). The van der Waals surface area contributed by atoms with E-state index in [9.17, 15) is 19.1 Å². The van der Waals surface area contributed by atoms with Gasteiger partial charge in [-0.15, -0.1) is 0 Å². The molecule has 6 nitrogen and oxygen atoms in total. The maximum atomic E-state index is 13.9. The molecule has 1 aliphatic rings. The van der Waals surface area contributed by atoms with E-state index in [1.807, 2.05) is 30.3 Å². The molecule has 8 heteroatoms. The lowest BCUT2D eigenvalue weighted by Crippen LogP contribution is -2.29. The third kappa shape index (κ3) is 3.47. The van der Waals surface area contributed by atoms with Gasteiger partial charge in [0.2, 0.25) is 5.76 Å². The maximum Gasteiger partial charge on any atom is 0.291 e. The van der Waals surface area contributed by atoms with Crippen LogP contribution < -0.4 is 10.2 Å². The number of amides is 1. The zero-order valence-electron chi connectivity index (χ0n) is 17.3. The van der Waals surface area contributed by atoms with Gasteiger partial charge in [-0.1, -0.05) is 30.3 Å². The molecule has 1 aromatic heterocycles. The number of phenolic OH excluding ortho intramolecular Hbond substituents is 1. The van der Waals surface area contributed by atoms with Gasteiger partial charge in [0.25, 0.3) is 5.91 Å². The molecule has 1 aliphatic heterocycles. The number of methoxy groups -OCH3 is 1. The first-order valence-electron chi connectivity index (χ1n) is 10.1. The first-order chi connectivity index (χ1) is 15.9. The van der Waals surface area contributed by atoms with E-state index in [0.29, 0.717) is 10.0 Å². The van der Waals surface area contributed by atoms with Crippen LogP contribution in [0.2, 0.25) is 0 Å². The summed E-state index contributed by atoms with van der Waals surface area (Å²) in [7, 11) is 1.41. The highest BCUT2D eigenvalue weighted by molar-refractivity contribution is 9.10. The van der Waals surface area contributed by atoms with E-state index in [1.54, 1.807) is 12.1 Å². The second-order valence-electron chi connectivity index (χ2n) is 7.69. The number of rotatable bonds is 4. The molecule has 0 aliphatic carbocycles. The smallest absolute Gasteiger partial charge is 0.291 e. The molecule has 0 saturated heterocycles. The Kier molecular flexibility index (Phi) is 5.17. The van der Waals surface area contributed by atoms with Crippen LogP contribution in [-0.4, -0.2) is 23.0 Å². The van der Waals surface area contributed by atoms with E-state index in [-0.39, 0.29) is 40.3 Å². The number of halogens is 2. The summed E-state index contributed by atoms with van der Waals surface area (Å²) in [6, 6.07) is 15.3. The number of hydrogen-bond donors (Lipinski definition) is 1. The van der Waals surface area contributed by atoms with Gasteiger partial charge in [-0.2, -0.15) is 0 Å². The fourth-order valence-electron chi connectivity index (χ4n) is 4.19. The molecule has 33 heavy (non-hydrogen) atoms. The Morgan fingerprint density at radius 2 is 1.88 bits per heavy atom. The summed E-state index contributed by atoms with van der Waals surface area (Å²) < 4.78 is 25.4. The number of carbonyl (C=O) groups is 1. The van der Waals surface area contributed by atoms with Crippen molar-refractivity contribution in [2.24, 2.45) is 0 Å². The van der Waals surface area contributed by atoms with Crippen molar-refractivity contribution in [3.05, 3.63) is 104 Å². The van der Waals surface area contributed by atoms with Crippen molar-refractivity contribution in [3.63, 3.8) is 0 Å². The SMILES string of the molecule is COc1cc([C@@H]2c3c(oc4ccc(F)cc4c3=O)C(=O)N2Cc2ccccc2)cc(Br)c1O. The quantitative estimate of drug-likeness (QED) is 0.411. The molecule has 3 aromatic carbocycles. The summed E-state index contributed by atoms with van der Waals surface area (Å²) >= 11 is 3.31. The van der Waals surface area contributed by atoms with Gasteiger partial charge in [0.15, 0.2) is 16.9 Å². The van der Waals surface area contributed by atoms with Crippen molar-refractivity contribution in [2.45, 2.75) is 12.6 Å². The van der Waals surface area contributed by atoms with Crippen LogP contribution in [0, 0.1) is 5.82 Å². The van der Waals surface area contributed by atoms with Gasteiger partial charge in [0.05, 0.1) is 28.6 Å². The average Bonchev–Trinajstić information content (AvgIpc) is 3.08. The zero-order chi connectivity index (χ0) is 23.3.